The molecule has 19 heavy (non-hydrogen) atoms. The van der Waals surface area contributed by atoms with E-state index in [0.29, 0.717) is 28.7 Å². The topological polar surface area (TPSA) is 43.4 Å². The summed E-state index contributed by atoms with van der Waals surface area (Å²) in [7, 11) is 1.58. The number of carbonyl (C=O) groups is 2. The van der Waals surface area contributed by atoms with E-state index in [1.54, 1.807) is 25.3 Å². The molecule has 3 heteroatoms. The molecular formula is C16H16O3. The first kappa shape index (κ1) is 11.2. The molecule has 0 aliphatic heterocycles. The van der Waals surface area contributed by atoms with Crippen LogP contribution in [0.5, 0.6) is 5.75 Å². The maximum atomic E-state index is 12.7. The first-order valence-electron chi connectivity index (χ1n) is 6.97. The molecule has 2 bridgehead atoms. The van der Waals surface area contributed by atoms with Crippen LogP contribution in [-0.4, -0.2) is 18.7 Å². The molecule has 0 spiro atoms. The van der Waals surface area contributed by atoms with Gasteiger partial charge in [0.1, 0.15) is 5.75 Å². The van der Waals surface area contributed by atoms with E-state index in [-0.39, 0.29) is 23.4 Å². The second kappa shape index (κ2) is 3.69. The zero-order valence-electron chi connectivity index (χ0n) is 10.9. The van der Waals surface area contributed by atoms with E-state index in [4.69, 9.17) is 4.74 Å². The Morgan fingerprint density at radius 3 is 2.26 bits per heavy atom. The van der Waals surface area contributed by atoms with Gasteiger partial charge in [-0.25, -0.2) is 0 Å². The molecule has 4 atom stereocenters. The summed E-state index contributed by atoms with van der Waals surface area (Å²) in [6.07, 6.45) is 3.30. The Bertz CT molecular complexity index is 590. The molecule has 0 aromatic heterocycles. The first-order chi connectivity index (χ1) is 9.20. The molecule has 0 saturated heterocycles. The van der Waals surface area contributed by atoms with Crippen molar-refractivity contribution in [2.75, 3.05) is 7.11 Å². The van der Waals surface area contributed by atoms with Gasteiger partial charge in [0.05, 0.1) is 7.11 Å². The maximum Gasteiger partial charge on any atom is 0.167 e. The van der Waals surface area contributed by atoms with Crippen LogP contribution in [0.1, 0.15) is 40.0 Å². The molecule has 0 amide bonds. The number of hydrogen-bond donors (Lipinski definition) is 0. The minimum atomic E-state index is -0.0501. The summed E-state index contributed by atoms with van der Waals surface area (Å²) in [6, 6.07) is 5.27. The summed E-state index contributed by atoms with van der Waals surface area (Å²) in [5.74, 6) is 1.81. The Hall–Kier alpha value is -1.64. The van der Waals surface area contributed by atoms with Crippen molar-refractivity contribution in [3.05, 3.63) is 29.3 Å². The second-order valence-corrected chi connectivity index (χ2v) is 6.02. The largest absolute Gasteiger partial charge is 0.497 e. The minimum Gasteiger partial charge on any atom is -0.497 e. The first-order valence-corrected chi connectivity index (χ1v) is 6.97. The standard InChI is InChI=1S/C16H16O3/c1-19-10-4-5-11-12(7-10)16(18)14-9-3-2-8(6-9)13(14)15(11)17/h4-5,7-9,13-14H,2-3,6H2,1H3. The average Bonchev–Trinajstić information content (AvgIpc) is 3.05. The van der Waals surface area contributed by atoms with E-state index >= 15 is 0 Å². The van der Waals surface area contributed by atoms with E-state index < -0.39 is 0 Å². The number of hydrogen-bond acceptors (Lipinski definition) is 3. The molecule has 2 saturated carbocycles. The molecule has 1 aromatic rings. The average molecular weight is 256 g/mol. The van der Waals surface area contributed by atoms with E-state index in [1.807, 2.05) is 0 Å². The number of ether oxygens (including phenoxy) is 1. The van der Waals surface area contributed by atoms with Crippen LogP contribution < -0.4 is 4.74 Å². The van der Waals surface area contributed by atoms with Crippen LogP contribution in [0.3, 0.4) is 0 Å². The lowest BCUT2D eigenvalue weighted by molar-refractivity contribution is 0.0660. The number of fused-ring (bicyclic) bond motifs is 6. The van der Waals surface area contributed by atoms with Gasteiger partial charge in [0, 0.05) is 23.0 Å². The van der Waals surface area contributed by atoms with Gasteiger partial charge < -0.3 is 4.74 Å². The number of methoxy groups -OCH3 is 1. The fraction of sp³-hybridized carbons (Fsp3) is 0.500. The molecule has 0 heterocycles. The van der Waals surface area contributed by atoms with Crippen molar-refractivity contribution < 1.29 is 14.3 Å². The second-order valence-electron chi connectivity index (χ2n) is 6.02. The van der Waals surface area contributed by atoms with Crippen molar-refractivity contribution in [1.82, 2.24) is 0 Å². The van der Waals surface area contributed by atoms with Crippen LogP contribution in [0.2, 0.25) is 0 Å². The van der Waals surface area contributed by atoms with Crippen LogP contribution in [0, 0.1) is 23.7 Å². The van der Waals surface area contributed by atoms with Crippen LogP contribution >= 0.6 is 0 Å². The predicted octanol–water partition coefficient (Wildman–Crippen LogP) is 2.74. The normalized spacial score (nSPS) is 35.2. The Kier molecular flexibility index (Phi) is 2.17. The third-order valence-electron chi connectivity index (χ3n) is 5.28. The molecule has 98 valence electrons. The molecule has 0 N–H and O–H groups in total. The number of carbonyl (C=O) groups excluding carboxylic acids is 2. The van der Waals surface area contributed by atoms with Crippen molar-refractivity contribution in [2.45, 2.75) is 19.3 Å². The van der Waals surface area contributed by atoms with Crippen LogP contribution in [0.15, 0.2) is 18.2 Å². The highest BCUT2D eigenvalue weighted by Crippen LogP contribution is 2.56. The smallest absolute Gasteiger partial charge is 0.167 e. The molecule has 2 fully saturated rings. The van der Waals surface area contributed by atoms with Gasteiger partial charge >= 0.3 is 0 Å². The maximum absolute atomic E-state index is 12.7. The monoisotopic (exact) mass is 256 g/mol. The number of rotatable bonds is 1. The minimum absolute atomic E-state index is 0.0351. The number of ketones is 2. The van der Waals surface area contributed by atoms with Gasteiger partial charge in [-0.3, -0.25) is 9.59 Å². The summed E-state index contributed by atoms with van der Waals surface area (Å²) >= 11 is 0. The van der Waals surface area contributed by atoms with Crippen molar-refractivity contribution >= 4 is 11.6 Å². The molecule has 4 unspecified atom stereocenters. The fourth-order valence-electron chi connectivity index (χ4n) is 4.47. The predicted molar refractivity (Wildman–Crippen MR) is 69.5 cm³/mol. The summed E-state index contributed by atoms with van der Waals surface area (Å²) in [5, 5.41) is 0. The summed E-state index contributed by atoms with van der Waals surface area (Å²) < 4.78 is 5.17. The summed E-state index contributed by atoms with van der Waals surface area (Å²) in [4.78, 5) is 25.3. The summed E-state index contributed by atoms with van der Waals surface area (Å²) in [5.41, 5.74) is 1.19. The van der Waals surface area contributed by atoms with E-state index in [9.17, 15) is 9.59 Å². The number of benzene rings is 1. The fourth-order valence-corrected chi connectivity index (χ4v) is 4.47. The number of Topliss-reactive ketones (excluding diaryl/α,β-unsaturated/α-hetero) is 2. The van der Waals surface area contributed by atoms with Gasteiger partial charge in [0.2, 0.25) is 0 Å². The Morgan fingerprint density at radius 1 is 1.00 bits per heavy atom. The molecule has 4 rings (SSSR count). The third-order valence-corrected chi connectivity index (χ3v) is 5.28. The van der Waals surface area contributed by atoms with Crippen molar-refractivity contribution in [3.63, 3.8) is 0 Å². The van der Waals surface area contributed by atoms with Crippen molar-refractivity contribution in [1.29, 1.82) is 0 Å². The van der Waals surface area contributed by atoms with Gasteiger partial charge in [-0.2, -0.15) is 0 Å². The van der Waals surface area contributed by atoms with Crippen LogP contribution in [-0.2, 0) is 0 Å². The third kappa shape index (κ3) is 1.33. The van der Waals surface area contributed by atoms with E-state index in [1.165, 1.54) is 0 Å². The molecule has 0 radical (unpaired) electrons. The highest BCUT2D eigenvalue weighted by Gasteiger charge is 2.56. The molecule has 1 aromatic carbocycles. The lowest BCUT2D eigenvalue weighted by Gasteiger charge is -2.33. The molecular weight excluding hydrogens is 240 g/mol. The van der Waals surface area contributed by atoms with E-state index in [2.05, 4.69) is 0 Å². The van der Waals surface area contributed by atoms with Gasteiger partial charge in [0.15, 0.2) is 11.6 Å². The van der Waals surface area contributed by atoms with Crippen LogP contribution in [0.25, 0.3) is 0 Å². The van der Waals surface area contributed by atoms with Gasteiger partial charge in [-0.15, -0.1) is 0 Å². The van der Waals surface area contributed by atoms with Gasteiger partial charge in [-0.1, -0.05) is 0 Å². The zero-order chi connectivity index (χ0) is 13.1. The highest BCUT2D eigenvalue weighted by atomic mass is 16.5. The molecule has 3 aliphatic carbocycles. The Labute approximate surface area is 111 Å². The van der Waals surface area contributed by atoms with Crippen molar-refractivity contribution in [2.24, 2.45) is 23.7 Å². The highest BCUT2D eigenvalue weighted by molar-refractivity contribution is 6.16. The summed E-state index contributed by atoms with van der Waals surface area (Å²) in [6.45, 7) is 0. The Morgan fingerprint density at radius 2 is 1.63 bits per heavy atom. The van der Waals surface area contributed by atoms with E-state index in [0.717, 1.165) is 19.3 Å². The lowest BCUT2D eigenvalue weighted by Crippen LogP contribution is -2.40. The van der Waals surface area contributed by atoms with Gasteiger partial charge in [-0.05, 0) is 49.3 Å². The molecule has 3 aliphatic rings. The lowest BCUT2D eigenvalue weighted by atomic mass is 9.67. The zero-order valence-corrected chi connectivity index (χ0v) is 10.9. The quantitative estimate of drug-likeness (QED) is 0.776. The van der Waals surface area contributed by atoms with Crippen LogP contribution in [0.4, 0.5) is 0 Å². The van der Waals surface area contributed by atoms with Crippen molar-refractivity contribution in [3.8, 4) is 5.75 Å². The SMILES string of the molecule is COc1ccc2c(c1)C(=O)C1C3CCC(C3)C1C2=O. The Balaban J connectivity index is 1.87. The van der Waals surface area contributed by atoms with Gasteiger partial charge in [0.25, 0.3) is 0 Å². The molecule has 3 nitrogen and oxygen atoms in total.